The molecular weight excluding hydrogens is 236 g/mol. The van der Waals surface area contributed by atoms with Crippen molar-refractivity contribution in [2.75, 3.05) is 0 Å². The standard InChI is InChI=1S/C15H12N4/c16-15-17-13-11-7-3-1-5-9(11)10-6-2-4-8-12(10)14(13)18-19-15/h1-8,13H,(H3,16,17,19). The van der Waals surface area contributed by atoms with Crippen molar-refractivity contribution < 1.29 is 0 Å². The summed E-state index contributed by atoms with van der Waals surface area (Å²) in [6.07, 6.45) is 0. The SMILES string of the molecule is NC1=NC2C(=NN1)c1ccccc1-c1ccccc12. The van der Waals surface area contributed by atoms with Gasteiger partial charge in [0.25, 0.3) is 0 Å². The Labute approximate surface area is 110 Å². The largest absolute Gasteiger partial charge is 0.368 e. The number of benzene rings is 2. The molecule has 2 aliphatic rings. The highest BCUT2D eigenvalue weighted by Gasteiger charge is 2.31. The monoisotopic (exact) mass is 248 g/mol. The van der Waals surface area contributed by atoms with Crippen LogP contribution in [0.5, 0.6) is 0 Å². The third-order valence-electron chi connectivity index (χ3n) is 3.57. The number of aliphatic imine (C=N–C) groups is 1. The minimum absolute atomic E-state index is 0.104. The average molecular weight is 248 g/mol. The Kier molecular flexibility index (Phi) is 2.00. The van der Waals surface area contributed by atoms with E-state index in [1.54, 1.807) is 0 Å². The van der Waals surface area contributed by atoms with Gasteiger partial charge in [-0.05, 0) is 16.7 Å². The summed E-state index contributed by atoms with van der Waals surface area (Å²) in [6, 6.07) is 16.5. The Morgan fingerprint density at radius 3 is 2.42 bits per heavy atom. The summed E-state index contributed by atoms with van der Waals surface area (Å²) in [6.45, 7) is 0. The molecule has 1 aliphatic heterocycles. The molecule has 92 valence electrons. The van der Waals surface area contributed by atoms with Gasteiger partial charge in [0.05, 0.1) is 5.71 Å². The zero-order valence-electron chi connectivity index (χ0n) is 10.2. The van der Waals surface area contributed by atoms with Crippen molar-refractivity contribution >= 4 is 11.7 Å². The molecule has 0 fully saturated rings. The lowest BCUT2D eigenvalue weighted by atomic mass is 9.81. The van der Waals surface area contributed by atoms with E-state index in [1.807, 2.05) is 24.3 Å². The number of rotatable bonds is 0. The molecular formula is C15H12N4. The van der Waals surface area contributed by atoms with Crippen LogP contribution in [-0.2, 0) is 0 Å². The van der Waals surface area contributed by atoms with E-state index >= 15 is 0 Å². The second kappa shape index (κ2) is 3.68. The van der Waals surface area contributed by atoms with E-state index in [-0.39, 0.29) is 6.04 Å². The number of hydrazone groups is 1. The van der Waals surface area contributed by atoms with Gasteiger partial charge in [-0.15, -0.1) is 0 Å². The number of hydrogen-bond donors (Lipinski definition) is 2. The third-order valence-corrected chi connectivity index (χ3v) is 3.57. The maximum Gasteiger partial charge on any atom is 0.210 e. The van der Waals surface area contributed by atoms with Gasteiger partial charge >= 0.3 is 0 Å². The molecule has 4 rings (SSSR count). The Balaban J connectivity index is 2.06. The molecule has 0 saturated heterocycles. The molecule has 2 aromatic rings. The van der Waals surface area contributed by atoms with E-state index in [4.69, 9.17) is 5.73 Å². The summed E-state index contributed by atoms with van der Waals surface area (Å²) in [4.78, 5) is 4.50. The molecule has 2 aromatic carbocycles. The van der Waals surface area contributed by atoms with Crippen LogP contribution in [0.1, 0.15) is 17.2 Å². The van der Waals surface area contributed by atoms with E-state index in [0.29, 0.717) is 5.96 Å². The van der Waals surface area contributed by atoms with Gasteiger partial charge in [0, 0.05) is 5.56 Å². The van der Waals surface area contributed by atoms with Crippen molar-refractivity contribution in [3.63, 3.8) is 0 Å². The predicted octanol–water partition coefficient (Wildman–Crippen LogP) is 2.03. The molecule has 1 atom stereocenters. The van der Waals surface area contributed by atoms with Crippen molar-refractivity contribution in [3.8, 4) is 11.1 Å². The molecule has 19 heavy (non-hydrogen) atoms. The molecule has 1 heterocycles. The van der Waals surface area contributed by atoms with Crippen LogP contribution in [0.15, 0.2) is 58.6 Å². The zero-order chi connectivity index (χ0) is 12.8. The van der Waals surface area contributed by atoms with Gasteiger partial charge in [-0.3, -0.25) is 0 Å². The molecule has 4 heteroatoms. The number of guanidine groups is 1. The third kappa shape index (κ3) is 1.40. The Bertz CT molecular complexity index is 730. The molecule has 4 nitrogen and oxygen atoms in total. The van der Waals surface area contributed by atoms with Crippen LogP contribution >= 0.6 is 0 Å². The van der Waals surface area contributed by atoms with Crippen molar-refractivity contribution in [1.29, 1.82) is 0 Å². The highest BCUT2D eigenvalue weighted by atomic mass is 15.4. The Morgan fingerprint density at radius 1 is 0.895 bits per heavy atom. The normalized spacial score (nSPS) is 19.3. The van der Waals surface area contributed by atoms with Crippen LogP contribution in [0.2, 0.25) is 0 Å². The molecule has 0 bridgehead atoms. The summed E-state index contributed by atoms with van der Waals surface area (Å²) in [5.74, 6) is 0.364. The molecule has 0 spiro atoms. The van der Waals surface area contributed by atoms with Gasteiger partial charge < -0.3 is 5.73 Å². The predicted molar refractivity (Wildman–Crippen MR) is 75.9 cm³/mol. The lowest BCUT2D eigenvalue weighted by Gasteiger charge is -2.29. The molecule has 1 unspecified atom stereocenters. The van der Waals surface area contributed by atoms with Gasteiger partial charge in [-0.25, -0.2) is 10.4 Å². The van der Waals surface area contributed by atoms with E-state index in [2.05, 4.69) is 39.8 Å². The summed E-state index contributed by atoms with van der Waals surface area (Å²) in [5, 5.41) is 4.38. The molecule has 3 N–H and O–H groups in total. The molecule has 0 radical (unpaired) electrons. The maximum absolute atomic E-state index is 5.75. The number of fused-ring (bicyclic) bond motifs is 6. The zero-order valence-corrected chi connectivity index (χ0v) is 10.2. The van der Waals surface area contributed by atoms with Gasteiger partial charge in [0.15, 0.2) is 0 Å². The molecule has 0 amide bonds. The number of nitrogens with two attached hydrogens (primary N) is 1. The fraction of sp³-hybridized carbons (Fsp3) is 0.0667. The Morgan fingerprint density at radius 2 is 1.58 bits per heavy atom. The van der Waals surface area contributed by atoms with E-state index in [1.165, 1.54) is 11.1 Å². The van der Waals surface area contributed by atoms with Crippen molar-refractivity contribution in [2.24, 2.45) is 15.8 Å². The lowest BCUT2D eigenvalue weighted by molar-refractivity contribution is 0.847. The number of nitrogens with one attached hydrogen (secondary N) is 1. The quantitative estimate of drug-likeness (QED) is 0.749. The minimum Gasteiger partial charge on any atom is -0.368 e. The van der Waals surface area contributed by atoms with E-state index in [9.17, 15) is 0 Å². The van der Waals surface area contributed by atoms with Crippen molar-refractivity contribution in [3.05, 3.63) is 59.7 Å². The fourth-order valence-corrected chi connectivity index (χ4v) is 2.75. The van der Waals surface area contributed by atoms with Crippen LogP contribution in [0.4, 0.5) is 0 Å². The maximum atomic E-state index is 5.75. The Hall–Kier alpha value is -2.62. The average Bonchev–Trinajstić information content (AvgIpc) is 2.47. The summed E-state index contributed by atoms with van der Waals surface area (Å²) >= 11 is 0. The van der Waals surface area contributed by atoms with Crippen LogP contribution in [0.25, 0.3) is 11.1 Å². The van der Waals surface area contributed by atoms with Crippen LogP contribution < -0.4 is 11.2 Å². The van der Waals surface area contributed by atoms with Gasteiger partial charge in [-0.2, -0.15) is 5.10 Å². The minimum atomic E-state index is -0.104. The number of nitrogens with zero attached hydrogens (tertiary/aromatic N) is 2. The summed E-state index contributed by atoms with van der Waals surface area (Å²) in [7, 11) is 0. The highest BCUT2D eigenvalue weighted by Crippen LogP contribution is 2.40. The van der Waals surface area contributed by atoms with Crippen molar-refractivity contribution in [1.82, 2.24) is 5.43 Å². The highest BCUT2D eigenvalue weighted by molar-refractivity contribution is 6.14. The van der Waals surface area contributed by atoms with Gasteiger partial charge in [-0.1, -0.05) is 48.5 Å². The van der Waals surface area contributed by atoms with E-state index in [0.717, 1.165) is 16.8 Å². The van der Waals surface area contributed by atoms with Crippen molar-refractivity contribution in [2.45, 2.75) is 6.04 Å². The lowest BCUT2D eigenvalue weighted by Crippen LogP contribution is -2.36. The second-order valence-electron chi connectivity index (χ2n) is 4.66. The van der Waals surface area contributed by atoms with Gasteiger partial charge in [0.1, 0.15) is 6.04 Å². The fourth-order valence-electron chi connectivity index (χ4n) is 2.75. The first kappa shape index (κ1) is 10.3. The first-order valence-corrected chi connectivity index (χ1v) is 6.20. The second-order valence-corrected chi connectivity index (χ2v) is 4.66. The van der Waals surface area contributed by atoms with Crippen LogP contribution in [0.3, 0.4) is 0 Å². The van der Waals surface area contributed by atoms with Gasteiger partial charge in [0.2, 0.25) is 5.96 Å². The van der Waals surface area contributed by atoms with Crippen LogP contribution in [-0.4, -0.2) is 11.7 Å². The topological polar surface area (TPSA) is 62.8 Å². The number of hydrogen-bond acceptors (Lipinski definition) is 4. The molecule has 0 saturated carbocycles. The molecule has 0 aromatic heterocycles. The first-order valence-electron chi connectivity index (χ1n) is 6.20. The van der Waals surface area contributed by atoms with E-state index < -0.39 is 0 Å². The molecule has 1 aliphatic carbocycles. The van der Waals surface area contributed by atoms with Crippen LogP contribution in [0, 0.1) is 0 Å². The smallest absolute Gasteiger partial charge is 0.210 e. The summed E-state index contributed by atoms with van der Waals surface area (Å²) in [5.41, 5.74) is 14.1. The summed E-state index contributed by atoms with van der Waals surface area (Å²) < 4.78 is 0. The first-order chi connectivity index (χ1) is 9.34.